The van der Waals surface area contributed by atoms with E-state index in [9.17, 15) is 9.90 Å². The molecule has 0 bridgehead atoms. The monoisotopic (exact) mass is 503 g/mol. The Bertz CT molecular complexity index is 1120. The normalized spacial score (nSPS) is 21.6. The average Bonchev–Trinajstić information content (AvgIpc) is 2.93. The molecule has 7 nitrogen and oxygen atoms in total. The molecular weight excluding hydrogens is 466 g/mol. The van der Waals surface area contributed by atoms with E-state index in [1.54, 1.807) is 0 Å². The van der Waals surface area contributed by atoms with Crippen LogP contribution in [0.1, 0.15) is 54.2 Å². The number of aromatic nitrogens is 1. The van der Waals surface area contributed by atoms with E-state index < -0.39 is 6.29 Å². The smallest absolute Gasteiger partial charge is 0.217 e. The summed E-state index contributed by atoms with van der Waals surface area (Å²) in [6.07, 6.45) is 1.99. The molecule has 1 fully saturated rings. The Morgan fingerprint density at radius 2 is 1.70 bits per heavy atom. The van der Waals surface area contributed by atoms with E-state index in [0.717, 1.165) is 47.5 Å². The molecule has 0 spiro atoms. The molecule has 1 saturated heterocycles. The van der Waals surface area contributed by atoms with Crippen LogP contribution in [0.25, 0.3) is 0 Å². The van der Waals surface area contributed by atoms with E-state index in [-0.39, 0.29) is 30.6 Å². The Balaban J connectivity index is 1.50. The molecular formula is C30H37N3O4. The highest BCUT2D eigenvalue weighted by Gasteiger charge is 2.38. The van der Waals surface area contributed by atoms with Crippen LogP contribution in [0.4, 0.5) is 0 Å². The average molecular weight is 504 g/mol. The zero-order valence-corrected chi connectivity index (χ0v) is 21.8. The molecule has 7 heteroatoms. The Hall–Kier alpha value is -3.10. The van der Waals surface area contributed by atoms with Gasteiger partial charge in [0, 0.05) is 56.4 Å². The van der Waals surface area contributed by atoms with Crippen LogP contribution in [0.15, 0.2) is 72.9 Å². The van der Waals surface area contributed by atoms with Gasteiger partial charge in [0.2, 0.25) is 5.91 Å². The highest BCUT2D eigenvalue weighted by atomic mass is 16.7. The van der Waals surface area contributed by atoms with Crippen LogP contribution in [0.3, 0.4) is 0 Å². The SMILES string of the molecule is CC(=O)NCc1ccc(C2OC(CN(C)CCc3ccccn3)C(C)C(c3ccc(CO)cc3)O2)cc1. The Labute approximate surface area is 219 Å². The van der Waals surface area contributed by atoms with E-state index in [1.165, 1.54) is 6.92 Å². The number of hydrogen-bond donors (Lipinski definition) is 2. The number of benzene rings is 2. The van der Waals surface area contributed by atoms with Crippen molar-refractivity contribution >= 4 is 5.91 Å². The summed E-state index contributed by atoms with van der Waals surface area (Å²) in [6.45, 7) is 5.83. The molecule has 0 saturated carbocycles. The number of pyridine rings is 1. The van der Waals surface area contributed by atoms with Crippen molar-refractivity contribution in [1.82, 2.24) is 15.2 Å². The number of nitrogens with zero attached hydrogens (tertiary/aromatic N) is 2. The van der Waals surface area contributed by atoms with Gasteiger partial charge in [-0.05, 0) is 35.9 Å². The molecule has 2 N–H and O–H groups in total. The quantitative estimate of drug-likeness (QED) is 0.432. The predicted molar refractivity (Wildman–Crippen MR) is 142 cm³/mol. The third-order valence-corrected chi connectivity index (χ3v) is 6.88. The van der Waals surface area contributed by atoms with Crippen LogP contribution in [0, 0.1) is 5.92 Å². The highest BCUT2D eigenvalue weighted by molar-refractivity contribution is 5.72. The predicted octanol–water partition coefficient (Wildman–Crippen LogP) is 4.18. The van der Waals surface area contributed by atoms with Crippen molar-refractivity contribution in [3.63, 3.8) is 0 Å². The molecule has 4 atom stereocenters. The standard InChI is InChI=1S/C30H37N3O4/c1-21-28(19-33(3)17-15-27-6-4-5-16-31-27)36-30(26-13-7-23(8-14-26)18-32-22(2)35)37-29(21)25-11-9-24(20-34)10-12-25/h4-14,16,21,28-30,34H,15,17-20H2,1-3H3,(H,32,35). The first-order valence-corrected chi connectivity index (χ1v) is 12.8. The van der Waals surface area contributed by atoms with Crippen LogP contribution in [0.5, 0.6) is 0 Å². The molecule has 0 aliphatic carbocycles. The highest BCUT2D eigenvalue weighted by Crippen LogP contribution is 2.41. The maximum absolute atomic E-state index is 11.3. The molecule has 37 heavy (non-hydrogen) atoms. The summed E-state index contributed by atoms with van der Waals surface area (Å²) in [5, 5.41) is 12.3. The van der Waals surface area contributed by atoms with E-state index in [2.05, 4.69) is 35.2 Å². The summed E-state index contributed by atoms with van der Waals surface area (Å²) in [5.41, 5.74) is 4.98. The van der Waals surface area contributed by atoms with Gasteiger partial charge in [-0.15, -0.1) is 0 Å². The zero-order valence-electron chi connectivity index (χ0n) is 21.8. The minimum absolute atomic E-state index is 0.0155. The van der Waals surface area contributed by atoms with Crippen LogP contribution in [-0.4, -0.2) is 47.1 Å². The molecule has 1 aromatic heterocycles. The lowest BCUT2D eigenvalue weighted by molar-refractivity contribution is -0.275. The fourth-order valence-corrected chi connectivity index (χ4v) is 4.60. The van der Waals surface area contributed by atoms with E-state index >= 15 is 0 Å². The van der Waals surface area contributed by atoms with Gasteiger partial charge in [-0.2, -0.15) is 0 Å². The molecule has 1 aliphatic rings. The van der Waals surface area contributed by atoms with Gasteiger partial charge in [0.05, 0.1) is 18.8 Å². The second-order valence-electron chi connectivity index (χ2n) is 9.81. The Morgan fingerprint density at radius 3 is 2.35 bits per heavy atom. The minimum atomic E-state index is -0.511. The van der Waals surface area contributed by atoms with E-state index in [0.29, 0.717) is 6.54 Å². The number of ether oxygens (including phenoxy) is 2. The largest absolute Gasteiger partial charge is 0.392 e. The van der Waals surface area contributed by atoms with Crippen molar-refractivity contribution in [2.75, 3.05) is 20.1 Å². The number of carbonyl (C=O) groups is 1. The number of rotatable bonds is 10. The van der Waals surface area contributed by atoms with Crippen LogP contribution < -0.4 is 5.32 Å². The summed E-state index contributed by atoms with van der Waals surface area (Å²) < 4.78 is 13.1. The summed E-state index contributed by atoms with van der Waals surface area (Å²) in [6, 6.07) is 22.0. The molecule has 2 heterocycles. The number of likely N-dealkylation sites (N-methyl/N-ethyl adjacent to an activating group) is 1. The van der Waals surface area contributed by atoms with Gasteiger partial charge in [0.25, 0.3) is 0 Å². The fourth-order valence-electron chi connectivity index (χ4n) is 4.60. The van der Waals surface area contributed by atoms with Crippen molar-refractivity contribution in [3.8, 4) is 0 Å². The molecule has 196 valence electrons. The number of carbonyl (C=O) groups excluding carboxylic acids is 1. The van der Waals surface area contributed by atoms with Crippen molar-refractivity contribution in [2.24, 2.45) is 5.92 Å². The van der Waals surface area contributed by atoms with Crippen molar-refractivity contribution in [2.45, 2.75) is 51.9 Å². The van der Waals surface area contributed by atoms with Crippen LogP contribution in [0.2, 0.25) is 0 Å². The zero-order chi connectivity index (χ0) is 26.2. The van der Waals surface area contributed by atoms with Gasteiger partial charge >= 0.3 is 0 Å². The first-order chi connectivity index (χ1) is 17.9. The van der Waals surface area contributed by atoms with Crippen molar-refractivity contribution in [1.29, 1.82) is 0 Å². The number of aliphatic hydroxyl groups is 1. The van der Waals surface area contributed by atoms with Gasteiger partial charge < -0.3 is 24.8 Å². The summed E-state index contributed by atoms with van der Waals surface area (Å²) in [7, 11) is 2.12. The van der Waals surface area contributed by atoms with Crippen molar-refractivity contribution in [3.05, 3.63) is 101 Å². The van der Waals surface area contributed by atoms with Crippen molar-refractivity contribution < 1.29 is 19.4 Å². The number of aliphatic hydroxyl groups excluding tert-OH is 1. The number of nitrogens with one attached hydrogen (secondary N) is 1. The van der Waals surface area contributed by atoms with Gasteiger partial charge in [0.1, 0.15) is 0 Å². The maximum atomic E-state index is 11.3. The fraction of sp³-hybridized carbons (Fsp3) is 0.400. The molecule has 4 unspecified atom stereocenters. The maximum Gasteiger partial charge on any atom is 0.217 e. The summed E-state index contributed by atoms with van der Waals surface area (Å²) >= 11 is 0. The Kier molecular flexibility index (Phi) is 9.41. The molecule has 4 rings (SSSR count). The number of amides is 1. The third-order valence-electron chi connectivity index (χ3n) is 6.88. The van der Waals surface area contributed by atoms with Gasteiger partial charge in [-0.25, -0.2) is 0 Å². The molecule has 0 radical (unpaired) electrons. The van der Waals surface area contributed by atoms with Crippen LogP contribution >= 0.6 is 0 Å². The minimum Gasteiger partial charge on any atom is -0.392 e. The first-order valence-electron chi connectivity index (χ1n) is 12.8. The lowest BCUT2D eigenvalue weighted by Crippen LogP contribution is -2.43. The lowest BCUT2D eigenvalue weighted by Gasteiger charge is -2.42. The molecule has 1 amide bonds. The third kappa shape index (κ3) is 7.46. The van der Waals surface area contributed by atoms with Gasteiger partial charge in [0.15, 0.2) is 6.29 Å². The first kappa shape index (κ1) is 26.9. The van der Waals surface area contributed by atoms with E-state index in [1.807, 2.05) is 66.9 Å². The van der Waals surface area contributed by atoms with E-state index in [4.69, 9.17) is 9.47 Å². The number of hydrogen-bond acceptors (Lipinski definition) is 6. The van der Waals surface area contributed by atoms with Crippen LogP contribution in [-0.2, 0) is 33.8 Å². The molecule has 1 aliphatic heterocycles. The summed E-state index contributed by atoms with van der Waals surface area (Å²) in [5.74, 6) is 0.0645. The van der Waals surface area contributed by atoms with Gasteiger partial charge in [-0.3, -0.25) is 9.78 Å². The lowest BCUT2D eigenvalue weighted by atomic mass is 9.90. The topological polar surface area (TPSA) is 83.9 Å². The molecule has 2 aromatic carbocycles. The van der Waals surface area contributed by atoms with Gasteiger partial charge in [-0.1, -0.05) is 61.5 Å². The Morgan fingerprint density at radius 1 is 1.00 bits per heavy atom. The molecule has 3 aromatic rings. The second-order valence-corrected chi connectivity index (χ2v) is 9.81. The second kappa shape index (κ2) is 12.9. The summed E-state index contributed by atoms with van der Waals surface area (Å²) in [4.78, 5) is 18.0.